The summed E-state index contributed by atoms with van der Waals surface area (Å²) >= 11 is 0. The standard InChI is InChI=1S/C12H20N2O/c1-2-3-4-7-15-10-12-6-5-11(8-13)9-14-12/h5-6,9H,2-4,7-8,10,13H2,1H3. The van der Waals surface area contributed by atoms with E-state index in [1.165, 1.54) is 12.8 Å². The van der Waals surface area contributed by atoms with E-state index in [0.717, 1.165) is 24.3 Å². The second-order valence-corrected chi connectivity index (χ2v) is 3.62. The van der Waals surface area contributed by atoms with Crippen LogP contribution in [-0.2, 0) is 17.9 Å². The van der Waals surface area contributed by atoms with Crippen LogP contribution in [0.15, 0.2) is 18.3 Å². The van der Waals surface area contributed by atoms with Crippen molar-refractivity contribution in [3.8, 4) is 0 Å². The third-order valence-corrected chi connectivity index (χ3v) is 2.26. The smallest absolute Gasteiger partial charge is 0.0887 e. The Hall–Kier alpha value is -0.930. The van der Waals surface area contributed by atoms with Crippen molar-refractivity contribution in [1.29, 1.82) is 0 Å². The van der Waals surface area contributed by atoms with E-state index < -0.39 is 0 Å². The first-order chi connectivity index (χ1) is 7.36. The summed E-state index contributed by atoms with van der Waals surface area (Å²) < 4.78 is 5.50. The monoisotopic (exact) mass is 208 g/mol. The van der Waals surface area contributed by atoms with Crippen LogP contribution in [0.25, 0.3) is 0 Å². The van der Waals surface area contributed by atoms with Crippen LogP contribution in [0.1, 0.15) is 37.4 Å². The Morgan fingerprint density at radius 3 is 2.80 bits per heavy atom. The quantitative estimate of drug-likeness (QED) is 0.699. The van der Waals surface area contributed by atoms with E-state index in [9.17, 15) is 0 Å². The van der Waals surface area contributed by atoms with Gasteiger partial charge in [0.15, 0.2) is 0 Å². The third-order valence-electron chi connectivity index (χ3n) is 2.26. The maximum Gasteiger partial charge on any atom is 0.0887 e. The summed E-state index contributed by atoms with van der Waals surface area (Å²) in [6.07, 6.45) is 5.41. The summed E-state index contributed by atoms with van der Waals surface area (Å²) in [7, 11) is 0. The van der Waals surface area contributed by atoms with Crippen LogP contribution >= 0.6 is 0 Å². The highest BCUT2D eigenvalue weighted by Gasteiger charge is 1.95. The minimum atomic E-state index is 0.546. The molecule has 0 aromatic carbocycles. The summed E-state index contributed by atoms with van der Waals surface area (Å²) in [5.74, 6) is 0. The van der Waals surface area contributed by atoms with E-state index in [4.69, 9.17) is 10.5 Å². The molecule has 0 saturated heterocycles. The summed E-state index contributed by atoms with van der Waals surface area (Å²) in [5.41, 5.74) is 7.52. The number of nitrogens with zero attached hydrogens (tertiary/aromatic N) is 1. The van der Waals surface area contributed by atoms with E-state index in [1.807, 2.05) is 18.3 Å². The highest BCUT2D eigenvalue weighted by Crippen LogP contribution is 2.02. The fraction of sp³-hybridized carbons (Fsp3) is 0.583. The Morgan fingerprint density at radius 1 is 1.33 bits per heavy atom. The SMILES string of the molecule is CCCCCOCc1ccc(CN)cn1. The molecule has 0 atom stereocenters. The van der Waals surface area contributed by atoms with Gasteiger partial charge in [0.05, 0.1) is 12.3 Å². The molecular weight excluding hydrogens is 188 g/mol. The lowest BCUT2D eigenvalue weighted by Crippen LogP contribution is -2.00. The van der Waals surface area contributed by atoms with Crippen molar-refractivity contribution in [3.05, 3.63) is 29.6 Å². The lowest BCUT2D eigenvalue weighted by atomic mass is 10.2. The van der Waals surface area contributed by atoms with Gasteiger partial charge in [0, 0.05) is 19.3 Å². The summed E-state index contributed by atoms with van der Waals surface area (Å²) in [4.78, 5) is 4.26. The molecule has 0 fully saturated rings. The average molecular weight is 208 g/mol. The molecule has 0 unspecified atom stereocenters. The van der Waals surface area contributed by atoms with Crippen molar-refractivity contribution < 1.29 is 4.74 Å². The predicted molar refractivity (Wildman–Crippen MR) is 61.3 cm³/mol. The van der Waals surface area contributed by atoms with Gasteiger partial charge in [-0.05, 0) is 18.1 Å². The maximum absolute atomic E-state index is 5.50. The van der Waals surface area contributed by atoms with Crippen molar-refractivity contribution in [2.45, 2.75) is 39.3 Å². The van der Waals surface area contributed by atoms with Crippen molar-refractivity contribution >= 4 is 0 Å². The molecule has 0 amide bonds. The van der Waals surface area contributed by atoms with Crippen molar-refractivity contribution in [2.24, 2.45) is 5.73 Å². The van der Waals surface area contributed by atoms with Gasteiger partial charge in [0.2, 0.25) is 0 Å². The van der Waals surface area contributed by atoms with E-state index in [-0.39, 0.29) is 0 Å². The number of unbranched alkanes of at least 4 members (excludes halogenated alkanes) is 2. The topological polar surface area (TPSA) is 48.1 Å². The highest BCUT2D eigenvalue weighted by atomic mass is 16.5. The van der Waals surface area contributed by atoms with Gasteiger partial charge in [-0.25, -0.2) is 0 Å². The predicted octanol–water partition coefficient (Wildman–Crippen LogP) is 2.25. The van der Waals surface area contributed by atoms with Gasteiger partial charge in [-0.3, -0.25) is 4.98 Å². The number of rotatable bonds is 7. The second kappa shape index (κ2) is 7.37. The molecule has 15 heavy (non-hydrogen) atoms. The summed E-state index contributed by atoms with van der Waals surface area (Å²) in [6.45, 7) is 4.17. The van der Waals surface area contributed by atoms with Crippen LogP contribution in [0, 0.1) is 0 Å². The molecule has 84 valence electrons. The Morgan fingerprint density at radius 2 is 2.20 bits per heavy atom. The van der Waals surface area contributed by atoms with Gasteiger partial charge in [0.1, 0.15) is 0 Å². The van der Waals surface area contributed by atoms with Gasteiger partial charge in [-0.1, -0.05) is 25.8 Å². The zero-order valence-electron chi connectivity index (χ0n) is 9.41. The van der Waals surface area contributed by atoms with Gasteiger partial charge in [0.25, 0.3) is 0 Å². The zero-order valence-corrected chi connectivity index (χ0v) is 9.41. The molecule has 0 saturated carbocycles. The molecule has 0 bridgehead atoms. The first-order valence-electron chi connectivity index (χ1n) is 5.58. The van der Waals surface area contributed by atoms with E-state index in [1.54, 1.807) is 0 Å². The van der Waals surface area contributed by atoms with Gasteiger partial charge >= 0.3 is 0 Å². The number of aromatic nitrogens is 1. The zero-order chi connectivity index (χ0) is 10.9. The number of hydrogen-bond donors (Lipinski definition) is 1. The Bertz CT molecular complexity index is 259. The van der Waals surface area contributed by atoms with Crippen molar-refractivity contribution in [2.75, 3.05) is 6.61 Å². The Labute approximate surface area is 91.7 Å². The number of ether oxygens (including phenoxy) is 1. The molecule has 1 rings (SSSR count). The first kappa shape index (κ1) is 12.1. The maximum atomic E-state index is 5.50. The molecule has 1 aromatic heterocycles. The van der Waals surface area contributed by atoms with E-state index in [2.05, 4.69) is 11.9 Å². The van der Waals surface area contributed by atoms with Crippen LogP contribution in [0.2, 0.25) is 0 Å². The summed E-state index contributed by atoms with van der Waals surface area (Å²) in [5, 5.41) is 0. The first-order valence-corrected chi connectivity index (χ1v) is 5.58. The molecule has 2 N–H and O–H groups in total. The molecule has 3 heteroatoms. The lowest BCUT2D eigenvalue weighted by Gasteiger charge is -2.03. The molecule has 0 aliphatic heterocycles. The largest absolute Gasteiger partial charge is 0.375 e. The van der Waals surface area contributed by atoms with E-state index >= 15 is 0 Å². The van der Waals surface area contributed by atoms with Gasteiger partial charge in [-0.15, -0.1) is 0 Å². The normalized spacial score (nSPS) is 10.5. The number of pyridine rings is 1. The average Bonchev–Trinajstić information content (AvgIpc) is 2.30. The molecule has 1 heterocycles. The van der Waals surface area contributed by atoms with Gasteiger partial charge in [-0.2, -0.15) is 0 Å². The highest BCUT2D eigenvalue weighted by molar-refractivity contribution is 5.13. The lowest BCUT2D eigenvalue weighted by molar-refractivity contribution is 0.114. The molecule has 3 nitrogen and oxygen atoms in total. The van der Waals surface area contributed by atoms with Crippen molar-refractivity contribution in [3.63, 3.8) is 0 Å². The number of nitrogens with two attached hydrogens (primary N) is 1. The third kappa shape index (κ3) is 4.91. The summed E-state index contributed by atoms with van der Waals surface area (Å²) in [6, 6.07) is 3.97. The molecule has 0 spiro atoms. The van der Waals surface area contributed by atoms with Crippen LogP contribution in [0.5, 0.6) is 0 Å². The van der Waals surface area contributed by atoms with Crippen LogP contribution in [-0.4, -0.2) is 11.6 Å². The van der Waals surface area contributed by atoms with Crippen LogP contribution in [0.3, 0.4) is 0 Å². The second-order valence-electron chi connectivity index (χ2n) is 3.62. The van der Waals surface area contributed by atoms with Gasteiger partial charge < -0.3 is 10.5 Å². The molecule has 0 aliphatic carbocycles. The fourth-order valence-electron chi connectivity index (χ4n) is 1.29. The minimum Gasteiger partial charge on any atom is -0.375 e. The molecule has 1 aromatic rings. The van der Waals surface area contributed by atoms with Crippen molar-refractivity contribution in [1.82, 2.24) is 4.98 Å². The molecular formula is C12H20N2O. The van der Waals surface area contributed by atoms with Crippen LogP contribution in [0.4, 0.5) is 0 Å². The Balaban J connectivity index is 2.20. The molecule has 0 radical (unpaired) electrons. The van der Waals surface area contributed by atoms with Crippen LogP contribution < -0.4 is 5.73 Å². The Kier molecular flexibility index (Phi) is 5.97. The fourth-order valence-corrected chi connectivity index (χ4v) is 1.29. The minimum absolute atomic E-state index is 0.546. The molecule has 0 aliphatic rings. The van der Waals surface area contributed by atoms with E-state index in [0.29, 0.717) is 13.2 Å². The number of hydrogen-bond acceptors (Lipinski definition) is 3.